The summed E-state index contributed by atoms with van der Waals surface area (Å²) < 4.78 is 4.67. The Morgan fingerprint density at radius 2 is 1.81 bits per heavy atom. The molecule has 2 bridgehead atoms. The average molecular weight is 226 g/mol. The van der Waals surface area contributed by atoms with Gasteiger partial charge in [-0.05, 0) is 25.7 Å². The predicted molar refractivity (Wildman–Crippen MR) is 52.6 cm³/mol. The number of carbonyl (C=O) groups excluding carboxylic acids is 2. The molecule has 0 aromatic rings. The predicted octanol–water partition coefficient (Wildman–Crippen LogP) is 0.764. The maximum Gasteiger partial charge on any atom is 0.319 e. The van der Waals surface area contributed by atoms with Crippen LogP contribution >= 0.6 is 0 Å². The van der Waals surface area contributed by atoms with Gasteiger partial charge in [-0.15, -0.1) is 0 Å². The maximum atomic E-state index is 11.9. The molecule has 3 fully saturated rings. The van der Waals surface area contributed by atoms with Crippen LogP contribution in [0.25, 0.3) is 0 Å². The minimum Gasteiger partial charge on any atom is -0.481 e. The van der Waals surface area contributed by atoms with E-state index in [9.17, 15) is 14.4 Å². The molecule has 0 unspecified atom stereocenters. The summed E-state index contributed by atoms with van der Waals surface area (Å²) in [5.74, 6) is -1.69. The zero-order valence-electron chi connectivity index (χ0n) is 9.12. The SMILES string of the molecule is COC(=O)C12CCC(C(=O)O)(CC1)CC2=O. The minimum atomic E-state index is -1.05. The third-order valence-electron chi connectivity index (χ3n) is 4.12. The standard InChI is InChI=1S/C11H14O5/c1-16-9(15)11-4-2-10(3-5-11,8(13)14)6-7(11)12/h2-6H2,1H3,(H,13,14). The first-order valence-corrected chi connectivity index (χ1v) is 5.32. The highest BCUT2D eigenvalue weighted by Crippen LogP contribution is 2.55. The molecule has 0 atom stereocenters. The molecule has 3 aliphatic rings. The van der Waals surface area contributed by atoms with Gasteiger partial charge in [0.25, 0.3) is 0 Å². The number of carbonyl (C=O) groups is 3. The lowest BCUT2D eigenvalue weighted by atomic mass is 9.53. The minimum absolute atomic E-state index is 0.0303. The van der Waals surface area contributed by atoms with Crippen molar-refractivity contribution in [2.45, 2.75) is 32.1 Å². The van der Waals surface area contributed by atoms with Crippen molar-refractivity contribution < 1.29 is 24.2 Å². The van der Waals surface area contributed by atoms with Gasteiger partial charge in [0.1, 0.15) is 5.41 Å². The third kappa shape index (κ3) is 1.20. The lowest BCUT2D eigenvalue weighted by Crippen LogP contribution is -2.55. The van der Waals surface area contributed by atoms with E-state index in [1.165, 1.54) is 7.11 Å². The Kier molecular flexibility index (Phi) is 2.29. The Labute approximate surface area is 92.8 Å². The van der Waals surface area contributed by atoms with Crippen LogP contribution in [0.3, 0.4) is 0 Å². The van der Waals surface area contributed by atoms with Gasteiger partial charge in [0.15, 0.2) is 5.78 Å². The molecule has 3 rings (SSSR count). The number of fused-ring (bicyclic) bond motifs is 3. The van der Waals surface area contributed by atoms with Crippen molar-refractivity contribution in [1.82, 2.24) is 0 Å². The van der Waals surface area contributed by atoms with Gasteiger partial charge in [-0.3, -0.25) is 14.4 Å². The summed E-state index contributed by atoms with van der Waals surface area (Å²) in [4.78, 5) is 34.7. The van der Waals surface area contributed by atoms with Gasteiger partial charge in [-0.1, -0.05) is 0 Å². The fourth-order valence-corrected chi connectivity index (χ4v) is 2.89. The van der Waals surface area contributed by atoms with Gasteiger partial charge in [0, 0.05) is 6.42 Å². The molecule has 0 aliphatic heterocycles. The lowest BCUT2D eigenvalue weighted by Gasteiger charge is -2.47. The van der Waals surface area contributed by atoms with Gasteiger partial charge >= 0.3 is 11.9 Å². The average Bonchev–Trinajstić information content (AvgIpc) is 2.29. The van der Waals surface area contributed by atoms with Crippen LogP contribution in [0.5, 0.6) is 0 Å². The molecule has 1 N–H and O–H groups in total. The Morgan fingerprint density at radius 1 is 1.25 bits per heavy atom. The topological polar surface area (TPSA) is 80.7 Å². The normalized spacial score (nSPS) is 37.2. The van der Waals surface area contributed by atoms with E-state index in [-0.39, 0.29) is 12.2 Å². The molecule has 0 radical (unpaired) electrons. The zero-order valence-corrected chi connectivity index (χ0v) is 9.12. The number of esters is 1. The number of carboxylic acid groups (broad SMARTS) is 1. The van der Waals surface area contributed by atoms with E-state index >= 15 is 0 Å². The largest absolute Gasteiger partial charge is 0.481 e. The Hall–Kier alpha value is -1.39. The number of hydrogen-bond donors (Lipinski definition) is 1. The van der Waals surface area contributed by atoms with E-state index in [1.54, 1.807) is 0 Å². The number of Topliss-reactive ketones (excluding diaryl/α,β-unsaturated/α-hetero) is 1. The molecule has 0 saturated heterocycles. The van der Waals surface area contributed by atoms with E-state index in [2.05, 4.69) is 4.74 Å². The number of ether oxygens (including phenoxy) is 1. The van der Waals surface area contributed by atoms with E-state index < -0.39 is 22.8 Å². The molecule has 88 valence electrons. The summed E-state index contributed by atoms with van der Waals surface area (Å²) in [5, 5.41) is 9.14. The van der Waals surface area contributed by atoms with Crippen LogP contribution in [-0.2, 0) is 19.1 Å². The summed E-state index contributed by atoms with van der Waals surface area (Å²) in [5.41, 5.74) is -1.97. The molecule has 3 aliphatic carbocycles. The molecule has 0 amide bonds. The molecule has 16 heavy (non-hydrogen) atoms. The van der Waals surface area contributed by atoms with Crippen LogP contribution in [0.4, 0.5) is 0 Å². The number of aliphatic carboxylic acids is 1. The monoisotopic (exact) mass is 226 g/mol. The van der Waals surface area contributed by atoms with E-state index in [0.29, 0.717) is 25.7 Å². The second kappa shape index (κ2) is 3.30. The molecule has 0 aromatic carbocycles. The summed E-state index contributed by atoms with van der Waals surface area (Å²) in [6, 6.07) is 0. The first kappa shape index (κ1) is 11.1. The first-order chi connectivity index (χ1) is 7.47. The summed E-state index contributed by atoms with van der Waals surface area (Å²) in [6.07, 6.45) is 1.37. The molecule has 5 nitrogen and oxygen atoms in total. The molecular formula is C11H14O5. The Balaban J connectivity index is 2.31. The van der Waals surface area contributed by atoms with Crippen molar-refractivity contribution in [2.24, 2.45) is 10.8 Å². The highest BCUT2D eigenvalue weighted by atomic mass is 16.5. The molecular weight excluding hydrogens is 212 g/mol. The summed E-state index contributed by atoms with van der Waals surface area (Å²) >= 11 is 0. The second-order valence-electron chi connectivity index (χ2n) is 4.76. The molecule has 3 saturated carbocycles. The first-order valence-electron chi connectivity index (χ1n) is 5.32. The molecule has 0 spiro atoms. The number of rotatable bonds is 2. The van der Waals surface area contributed by atoms with E-state index in [1.807, 2.05) is 0 Å². The van der Waals surface area contributed by atoms with Crippen molar-refractivity contribution in [3.63, 3.8) is 0 Å². The van der Waals surface area contributed by atoms with E-state index in [0.717, 1.165) is 0 Å². The van der Waals surface area contributed by atoms with Crippen LogP contribution in [0.15, 0.2) is 0 Å². The number of ketones is 1. The van der Waals surface area contributed by atoms with Crippen molar-refractivity contribution in [3.05, 3.63) is 0 Å². The number of hydrogen-bond acceptors (Lipinski definition) is 4. The van der Waals surface area contributed by atoms with Crippen molar-refractivity contribution >= 4 is 17.7 Å². The fraction of sp³-hybridized carbons (Fsp3) is 0.727. The Bertz CT molecular complexity index is 363. The lowest BCUT2D eigenvalue weighted by molar-refractivity contribution is -0.177. The smallest absolute Gasteiger partial charge is 0.319 e. The van der Waals surface area contributed by atoms with Crippen molar-refractivity contribution in [1.29, 1.82) is 0 Å². The highest BCUT2D eigenvalue weighted by Gasteiger charge is 2.61. The zero-order chi connectivity index (χ0) is 12.0. The van der Waals surface area contributed by atoms with Gasteiger partial charge in [0.2, 0.25) is 0 Å². The third-order valence-corrected chi connectivity index (χ3v) is 4.12. The van der Waals surface area contributed by atoms with Crippen molar-refractivity contribution in [3.8, 4) is 0 Å². The van der Waals surface area contributed by atoms with Gasteiger partial charge in [-0.25, -0.2) is 0 Å². The number of carboxylic acids is 1. The van der Waals surface area contributed by atoms with Gasteiger partial charge in [0.05, 0.1) is 12.5 Å². The van der Waals surface area contributed by atoms with Crippen LogP contribution in [0.2, 0.25) is 0 Å². The van der Waals surface area contributed by atoms with Crippen LogP contribution < -0.4 is 0 Å². The molecule has 0 heterocycles. The van der Waals surface area contributed by atoms with Crippen LogP contribution in [0.1, 0.15) is 32.1 Å². The summed E-state index contributed by atoms with van der Waals surface area (Å²) in [6.45, 7) is 0. The Morgan fingerprint density at radius 3 is 2.19 bits per heavy atom. The van der Waals surface area contributed by atoms with E-state index in [4.69, 9.17) is 5.11 Å². The van der Waals surface area contributed by atoms with Crippen molar-refractivity contribution in [2.75, 3.05) is 7.11 Å². The summed E-state index contributed by atoms with van der Waals surface area (Å²) in [7, 11) is 1.26. The fourth-order valence-electron chi connectivity index (χ4n) is 2.89. The molecule has 0 aromatic heterocycles. The van der Waals surface area contributed by atoms with Gasteiger partial charge < -0.3 is 9.84 Å². The second-order valence-corrected chi connectivity index (χ2v) is 4.76. The van der Waals surface area contributed by atoms with Crippen LogP contribution in [0, 0.1) is 10.8 Å². The van der Waals surface area contributed by atoms with Gasteiger partial charge in [-0.2, -0.15) is 0 Å². The number of methoxy groups -OCH3 is 1. The quantitative estimate of drug-likeness (QED) is 0.555. The molecule has 5 heteroatoms. The highest BCUT2D eigenvalue weighted by molar-refractivity contribution is 6.07. The maximum absolute atomic E-state index is 11.9. The van der Waals surface area contributed by atoms with Crippen LogP contribution in [-0.4, -0.2) is 29.9 Å².